The number of hydrogen-bond donors (Lipinski definition) is 3. The zero-order valence-electron chi connectivity index (χ0n) is 36.9. The van der Waals surface area contributed by atoms with Crippen LogP contribution in [0.4, 0.5) is 0 Å². The van der Waals surface area contributed by atoms with Crippen LogP contribution in [0.2, 0.25) is 0 Å². The highest BCUT2D eigenvalue weighted by molar-refractivity contribution is 5.82. The molecule has 58 heavy (non-hydrogen) atoms. The van der Waals surface area contributed by atoms with Crippen molar-refractivity contribution in [3.05, 3.63) is 48.2 Å². The van der Waals surface area contributed by atoms with Crippen LogP contribution < -0.4 is 0 Å². The topological polar surface area (TPSA) is 171 Å². The number of fused-ring (bicyclic) bond motifs is 2. The molecular formula is C45H75NO12. The van der Waals surface area contributed by atoms with Crippen molar-refractivity contribution in [1.29, 1.82) is 0 Å². The fourth-order valence-corrected chi connectivity index (χ4v) is 8.38. The van der Waals surface area contributed by atoms with E-state index >= 15 is 0 Å². The highest BCUT2D eigenvalue weighted by Crippen LogP contribution is 2.34. The minimum Gasteiger partial charge on any atom is -0.458 e. The summed E-state index contributed by atoms with van der Waals surface area (Å²) in [5.41, 5.74) is 0.777. The van der Waals surface area contributed by atoms with Gasteiger partial charge in [0.05, 0.1) is 55.4 Å². The molecule has 1 unspecified atom stereocenters. The fourth-order valence-electron chi connectivity index (χ4n) is 8.38. The number of carbonyl (C=O) groups is 3. The molecule has 0 aliphatic carbocycles. The molecule has 332 valence electrons. The number of aliphatic hydroxyl groups excluding tert-OH is 3. The molecule has 15 atom stereocenters. The van der Waals surface area contributed by atoms with Crippen molar-refractivity contribution in [2.24, 2.45) is 35.5 Å². The van der Waals surface area contributed by atoms with Gasteiger partial charge in [-0.05, 0) is 32.1 Å². The van der Waals surface area contributed by atoms with Gasteiger partial charge in [-0.3, -0.25) is 9.59 Å². The van der Waals surface area contributed by atoms with E-state index in [4.69, 9.17) is 28.4 Å². The molecule has 13 nitrogen and oxygen atoms in total. The molecule has 2 heterocycles. The van der Waals surface area contributed by atoms with Gasteiger partial charge >= 0.3 is 5.97 Å². The average Bonchev–Trinajstić information content (AvgIpc) is 3.22. The van der Waals surface area contributed by atoms with Crippen LogP contribution in [0.5, 0.6) is 0 Å². The summed E-state index contributed by atoms with van der Waals surface area (Å²) in [5.74, 6) is -2.97. The van der Waals surface area contributed by atoms with Gasteiger partial charge in [0.2, 0.25) is 6.41 Å². The first kappa shape index (κ1) is 51.4. The van der Waals surface area contributed by atoms with Crippen molar-refractivity contribution in [3.8, 4) is 0 Å². The summed E-state index contributed by atoms with van der Waals surface area (Å²) in [4.78, 5) is 39.3. The maximum absolute atomic E-state index is 13.5. The Morgan fingerprint density at radius 3 is 2.26 bits per heavy atom. The molecular weight excluding hydrogens is 746 g/mol. The predicted molar refractivity (Wildman–Crippen MR) is 222 cm³/mol. The lowest BCUT2D eigenvalue weighted by Gasteiger charge is -2.39. The summed E-state index contributed by atoms with van der Waals surface area (Å²) >= 11 is 0. The van der Waals surface area contributed by atoms with Gasteiger partial charge in [-0.2, -0.15) is 0 Å². The summed E-state index contributed by atoms with van der Waals surface area (Å²) in [6.07, 6.45) is 11.2. The smallest absolute Gasteiger partial charge is 0.331 e. The van der Waals surface area contributed by atoms with Gasteiger partial charge in [0.15, 0.2) is 0 Å². The Bertz CT molecular complexity index is 1350. The van der Waals surface area contributed by atoms with Crippen molar-refractivity contribution in [2.75, 3.05) is 42.1 Å². The molecule has 1 amide bonds. The first-order chi connectivity index (χ1) is 27.5. The van der Waals surface area contributed by atoms with E-state index in [9.17, 15) is 29.7 Å². The number of hydrogen-bond acceptors (Lipinski definition) is 12. The number of nitrogens with zero attached hydrogens (tertiary/aromatic N) is 1. The van der Waals surface area contributed by atoms with E-state index in [2.05, 4.69) is 6.08 Å². The number of methoxy groups -OCH3 is 4. The normalized spacial score (nSPS) is 32.8. The van der Waals surface area contributed by atoms with Crippen molar-refractivity contribution < 1.29 is 58.1 Å². The lowest BCUT2D eigenvalue weighted by atomic mass is 9.78. The molecule has 2 aliphatic heterocycles. The van der Waals surface area contributed by atoms with E-state index in [1.807, 2.05) is 59.8 Å². The van der Waals surface area contributed by atoms with E-state index < -0.39 is 72.4 Å². The number of amides is 1. The predicted octanol–water partition coefficient (Wildman–Crippen LogP) is 5.21. The van der Waals surface area contributed by atoms with Crippen LogP contribution in [-0.4, -0.2) is 135 Å². The van der Waals surface area contributed by atoms with Crippen LogP contribution in [0.15, 0.2) is 48.2 Å². The Labute approximate surface area is 347 Å². The molecule has 2 rings (SSSR count). The van der Waals surface area contributed by atoms with Gasteiger partial charge in [-0.25, -0.2) is 4.79 Å². The van der Waals surface area contributed by atoms with Gasteiger partial charge in [0.1, 0.15) is 11.9 Å². The van der Waals surface area contributed by atoms with Gasteiger partial charge in [-0.1, -0.05) is 70.6 Å². The lowest BCUT2D eigenvalue weighted by Crippen LogP contribution is -2.47. The maximum Gasteiger partial charge on any atom is 0.331 e. The van der Waals surface area contributed by atoms with Crippen LogP contribution in [0.25, 0.3) is 0 Å². The largest absolute Gasteiger partial charge is 0.458 e. The van der Waals surface area contributed by atoms with Crippen LogP contribution in [0.3, 0.4) is 0 Å². The fraction of sp³-hybridized carbons (Fsp3) is 0.756. The second-order valence-corrected chi connectivity index (χ2v) is 16.6. The molecule has 2 aliphatic rings. The van der Waals surface area contributed by atoms with Crippen LogP contribution >= 0.6 is 0 Å². The molecule has 2 bridgehead atoms. The molecule has 0 aromatic carbocycles. The zero-order valence-corrected chi connectivity index (χ0v) is 36.9. The average molecular weight is 822 g/mol. The number of esters is 1. The molecule has 3 N–H and O–H groups in total. The SMILES string of the molecule is CO[C@H]([C@H](C)/C=C/N(C)C=O)[C@@H](C)C(=O)CC[C@@H](C)[C@H](O)[C@H](C)C1OC(=O)/C=C/C(C)=C/C[C@H](O)C[C@@H]2C=CC[C@@H](C[C@H](OC)[C@@H](CO)[C@@H](OC)C[C@@H](OC)[C@H]1C)O2. The Morgan fingerprint density at radius 2 is 1.66 bits per heavy atom. The highest BCUT2D eigenvalue weighted by atomic mass is 16.5. The maximum atomic E-state index is 13.5. The molecule has 0 fully saturated rings. The number of aliphatic hydroxyl groups is 3. The second kappa shape index (κ2) is 26.5. The first-order valence-corrected chi connectivity index (χ1v) is 20.9. The van der Waals surface area contributed by atoms with E-state index in [-0.39, 0.29) is 42.9 Å². The number of Topliss-reactive ketones (excluding diaryl/α,β-unsaturated/α-hetero) is 1. The van der Waals surface area contributed by atoms with Gasteiger partial charge < -0.3 is 48.6 Å². The van der Waals surface area contributed by atoms with Crippen molar-refractivity contribution >= 4 is 18.2 Å². The molecule has 0 aromatic rings. The van der Waals surface area contributed by atoms with Crippen molar-refractivity contribution in [2.45, 2.75) is 141 Å². The zero-order chi connectivity index (χ0) is 43.5. The summed E-state index contributed by atoms with van der Waals surface area (Å²) < 4.78 is 36.3. The number of ketones is 1. The Kier molecular flexibility index (Phi) is 23.4. The molecule has 0 saturated heterocycles. The Balaban J connectivity index is 2.39. The Morgan fingerprint density at radius 1 is 1.00 bits per heavy atom. The molecule has 13 heteroatoms. The number of carbonyl (C=O) groups excluding carboxylic acids is 3. The lowest BCUT2D eigenvalue weighted by molar-refractivity contribution is -0.159. The summed E-state index contributed by atoms with van der Waals surface area (Å²) in [5, 5.41) is 33.4. The van der Waals surface area contributed by atoms with Crippen LogP contribution in [0.1, 0.15) is 86.5 Å². The van der Waals surface area contributed by atoms with Crippen molar-refractivity contribution in [1.82, 2.24) is 4.90 Å². The molecule has 0 radical (unpaired) electrons. The Hall–Kier alpha value is -2.75. The number of rotatable bonds is 17. The summed E-state index contributed by atoms with van der Waals surface area (Å²) in [6.45, 7) is 11.0. The van der Waals surface area contributed by atoms with Crippen molar-refractivity contribution in [3.63, 3.8) is 0 Å². The minimum absolute atomic E-state index is 0.00449. The monoisotopic (exact) mass is 822 g/mol. The van der Waals surface area contributed by atoms with Gasteiger partial charge in [-0.15, -0.1) is 0 Å². The molecule has 0 saturated carbocycles. The molecule has 0 aromatic heterocycles. The minimum atomic E-state index is -0.952. The highest BCUT2D eigenvalue weighted by Gasteiger charge is 2.41. The second-order valence-electron chi connectivity index (χ2n) is 16.6. The quantitative estimate of drug-likeness (QED) is 0.0997. The van der Waals surface area contributed by atoms with E-state index in [1.54, 1.807) is 47.8 Å². The van der Waals surface area contributed by atoms with Gasteiger partial charge in [0, 0.05) is 103 Å². The number of cyclic esters (lactones) is 1. The summed E-state index contributed by atoms with van der Waals surface area (Å²) in [6, 6.07) is 0. The van der Waals surface area contributed by atoms with E-state index in [0.717, 1.165) is 5.57 Å². The first-order valence-electron chi connectivity index (χ1n) is 20.9. The van der Waals surface area contributed by atoms with Gasteiger partial charge in [0.25, 0.3) is 0 Å². The third kappa shape index (κ3) is 16.0. The van der Waals surface area contributed by atoms with Crippen LogP contribution in [-0.2, 0) is 42.8 Å². The summed E-state index contributed by atoms with van der Waals surface area (Å²) in [7, 11) is 7.97. The molecule has 0 spiro atoms. The third-order valence-corrected chi connectivity index (χ3v) is 12.3. The third-order valence-electron chi connectivity index (χ3n) is 12.3. The van der Waals surface area contributed by atoms with Crippen LogP contribution in [0, 0.1) is 35.5 Å². The standard InChI is InChI=1S/C45H75NO12/c1-28-15-18-34(49)23-35-13-12-14-36(57-35)24-40(54-9)37(26-47)41(55-10)25-39(53-8)32(5)45(58-42(51)20-16-28)33(6)43(52)29(2)17-19-38(50)31(4)44(56-11)30(3)21-22-46(7)27-48/h12-13,15-16,20-22,27,29-37,39-41,43-45,47,49,52H,14,17-19,23-26H2,1-11H3/b20-16+,22-21+,28-15+/t29-,30-,31+,32-,33+,34+,35+,36+,37-,39-,40+,41+,43+,44-,45?/m1/s1. The number of allylic oxidation sites excluding steroid dienone is 2. The van der Waals surface area contributed by atoms with E-state index in [0.29, 0.717) is 44.9 Å². The number of ether oxygens (including phenoxy) is 6. The van der Waals surface area contributed by atoms with E-state index in [1.165, 1.54) is 11.0 Å².